The van der Waals surface area contributed by atoms with Crippen LogP contribution in [0.5, 0.6) is 0 Å². The molecular formula is C21H27F3N2O2. The second kappa shape index (κ2) is 8.03. The minimum Gasteiger partial charge on any atom is -0.381 e. The molecule has 1 saturated heterocycles. The monoisotopic (exact) mass is 396 g/mol. The molecule has 3 aliphatic rings. The molecule has 1 saturated carbocycles. The standard InChI is InChI=1S/C21H27F3N2O2/c22-21(23,24)19-3-1-2-15-13-26(9-6-18(15)19)20(27)14-4-5-17(12-14)25-16-7-10-28-11-8-16/h1-3,14,16-17,25H,4-13H2/t14?,17-/m1/s1. The van der Waals surface area contributed by atoms with Gasteiger partial charge in [0, 0.05) is 44.3 Å². The highest BCUT2D eigenvalue weighted by molar-refractivity contribution is 5.79. The van der Waals surface area contributed by atoms with E-state index in [0.29, 0.717) is 29.8 Å². The van der Waals surface area contributed by atoms with E-state index in [-0.39, 0.29) is 24.8 Å². The van der Waals surface area contributed by atoms with Crippen molar-refractivity contribution >= 4 is 5.91 Å². The quantitative estimate of drug-likeness (QED) is 0.850. The average molecular weight is 396 g/mol. The molecule has 1 unspecified atom stereocenters. The number of hydrogen-bond donors (Lipinski definition) is 1. The van der Waals surface area contributed by atoms with E-state index in [9.17, 15) is 18.0 Å². The van der Waals surface area contributed by atoms with Crippen LogP contribution in [0.3, 0.4) is 0 Å². The second-order valence-corrected chi connectivity index (χ2v) is 8.21. The van der Waals surface area contributed by atoms with Crippen molar-refractivity contribution in [2.75, 3.05) is 19.8 Å². The van der Waals surface area contributed by atoms with Gasteiger partial charge in [-0.2, -0.15) is 13.2 Å². The fraction of sp³-hybridized carbons (Fsp3) is 0.667. The van der Waals surface area contributed by atoms with Crippen LogP contribution in [0.15, 0.2) is 18.2 Å². The molecule has 1 amide bonds. The molecule has 7 heteroatoms. The first-order chi connectivity index (χ1) is 13.4. The minimum atomic E-state index is -4.34. The van der Waals surface area contributed by atoms with Crippen LogP contribution >= 0.6 is 0 Å². The van der Waals surface area contributed by atoms with E-state index in [1.54, 1.807) is 11.0 Å². The van der Waals surface area contributed by atoms with Gasteiger partial charge in [-0.05, 0) is 55.7 Å². The van der Waals surface area contributed by atoms with Crippen molar-refractivity contribution in [3.8, 4) is 0 Å². The molecule has 4 nitrogen and oxygen atoms in total. The van der Waals surface area contributed by atoms with E-state index in [2.05, 4.69) is 5.32 Å². The molecular weight excluding hydrogens is 369 g/mol. The Labute approximate surface area is 163 Å². The van der Waals surface area contributed by atoms with Crippen LogP contribution in [0, 0.1) is 5.92 Å². The molecule has 2 fully saturated rings. The van der Waals surface area contributed by atoms with Crippen LogP contribution in [-0.2, 0) is 28.7 Å². The summed E-state index contributed by atoms with van der Waals surface area (Å²) in [5.41, 5.74) is 0.424. The highest BCUT2D eigenvalue weighted by atomic mass is 19.4. The van der Waals surface area contributed by atoms with E-state index in [1.165, 1.54) is 6.07 Å². The highest BCUT2D eigenvalue weighted by Crippen LogP contribution is 2.36. The Morgan fingerprint density at radius 3 is 2.64 bits per heavy atom. The van der Waals surface area contributed by atoms with Gasteiger partial charge in [-0.1, -0.05) is 12.1 Å². The third-order valence-electron chi connectivity index (χ3n) is 6.36. The van der Waals surface area contributed by atoms with Gasteiger partial charge in [-0.15, -0.1) is 0 Å². The lowest BCUT2D eigenvalue weighted by molar-refractivity contribution is -0.139. The first kappa shape index (κ1) is 19.7. The zero-order valence-electron chi connectivity index (χ0n) is 15.9. The second-order valence-electron chi connectivity index (χ2n) is 8.21. The summed E-state index contributed by atoms with van der Waals surface area (Å²) >= 11 is 0. The fourth-order valence-corrected chi connectivity index (χ4v) is 4.88. The van der Waals surface area contributed by atoms with Gasteiger partial charge < -0.3 is 15.0 Å². The van der Waals surface area contributed by atoms with Crippen LogP contribution in [-0.4, -0.2) is 42.6 Å². The minimum absolute atomic E-state index is 0.0234. The van der Waals surface area contributed by atoms with Gasteiger partial charge in [-0.25, -0.2) is 0 Å². The number of hydrogen-bond acceptors (Lipinski definition) is 3. The third-order valence-corrected chi connectivity index (χ3v) is 6.36. The SMILES string of the molecule is O=C(C1CC[C@@H](NC2CCOCC2)C1)N1CCc2c(cccc2C(F)(F)F)C1. The van der Waals surface area contributed by atoms with E-state index in [0.717, 1.165) is 51.4 Å². The van der Waals surface area contributed by atoms with E-state index in [1.807, 2.05) is 0 Å². The number of fused-ring (bicyclic) bond motifs is 1. The Hall–Kier alpha value is -1.60. The molecule has 4 rings (SSSR count). The molecule has 154 valence electrons. The summed E-state index contributed by atoms with van der Waals surface area (Å²) in [5, 5.41) is 3.67. The number of nitrogens with zero attached hydrogens (tertiary/aromatic N) is 1. The smallest absolute Gasteiger partial charge is 0.381 e. The van der Waals surface area contributed by atoms with Crippen LogP contribution < -0.4 is 5.32 Å². The lowest BCUT2D eigenvalue weighted by atomic mass is 9.93. The molecule has 0 spiro atoms. The third kappa shape index (κ3) is 4.20. The van der Waals surface area contributed by atoms with Crippen molar-refractivity contribution in [2.45, 2.75) is 63.3 Å². The fourth-order valence-electron chi connectivity index (χ4n) is 4.88. The van der Waals surface area contributed by atoms with Gasteiger partial charge in [-0.3, -0.25) is 4.79 Å². The van der Waals surface area contributed by atoms with Gasteiger partial charge >= 0.3 is 6.18 Å². The van der Waals surface area contributed by atoms with Crippen LogP contribution in [0.25, 0.3) is 0 Å². The van der Waals surface area contributed by atoms with Gasteiger partial charge in [0.05, 0.1) is 5.56 Å². The van der Waals surface area contributed by atoms with Gasteiger partial charge in [0.15, 0.2) is 0 Å². The van der Waals surface area contributed by atoms with Crippen molar-refractivity contribution in [1.82, 2.24) is 10.2 Å². The largest absolute Gasteiger partial charge is 0.416 e. The summed E-state index contributed by atoms with van der Waals surface area (Å²) in [6.45, 7) is 2.24. The number of nitrogens with one attached hydrogen (secondary N) is 1. The number of rotatable bonds is 3. The average Bonchev–Trinajstić information content (AvgIpc) is 3.15. The van der Waals surface area contributed by atoms with Crippen LogP contribution in [0.1, 0.15) is 48.8 Å². The molecule has 1 N–H and O–H groups in total. The molecule has 28 heavy (non-hydrogen) atoms. The molecule has 1 aromatic carbocycles. The number of alkyl halides is 3. The van der Waals surface area contributed by atoms with E-state index >= 15 is 0 Å². The number of ether oxygens (including phenoxy) is 1. The molecule has 2 aliphatic heterocycles. The first-order valence-corrected chi connectivity index (χ1v) is 10.2. The summed E-state index contributed by atoms with van der Waals surface area (Å²) in [7, 11) is 0. The maximum absolute atomic E-state index is 13.2. The van der Waals surface area contributed by atoms with Crippen LogP contribution in [0.2, 0.25) is 0 Å². The van der Waals surface area contributed by atoms with Crippen molar-refractivity contribution in [1.29, 1.82) is 0 Å². The Bertz CT molecular complexity index is 716. The Kier molecular flexibility index (Phi) is 5.65. The summed E-state index contributed by atoms with van der Waals surface area (Å²) in [6.07, 6.45) is 0.614. The first-order valence-electron chi connectivity index (χ1n) is 10.2. The normalized spacial score (nSPS) is 26.3. The van der Waals surface area contributed by atoms with Gasteiger partial charge in [0.25, 0.3) is 0 Å². The molecule has 0 bridgehead atoms. The number of halogens is 3. The highest BCUT2D eigenvalue weighted by Gasteiger charge is 2.38. The Balaban J connectivity index is 1.36. The molecule has 2 heterocycles. The lowest BCUT2D eigenvalue weighted by Gasteiger charge is -2.32. The molecule has 2 atom stereocenters. The Morgan fingerprint density at radius 1 is 1.11 bits per heavy atom. The van der Waals surface area contributed by atoms with Gasteiger partial charge in [0.1, 0.15) is 0 Å². The van der Waals surface area contributed by atoms with E-state index < -0.39 is 11.7 Å². The summed E-state index contributed by atoms with van der Waals surface area (Å²) in [4.78, 5) is 14.7. The predicted octanol–water partition coefficient (Wildman–Crippen LogP) is 3.53. The maximum Gasteiger partial charge on any atom is 0.416 e. The Morgan fingerprint density at radius 2 is 1.89 bits per heavy atom. The molecule has 1 aromatic rings. The zero-order valence-corrected chi connectivity index (χ0v) is 15.9. The van der Waals surface area contributed by atoms with Crippen molar-refractivity contribution in [2.24, 2.45) is 5.92 Å². The maximum atomic E-state index is 13.2. The van der Waals surface area contributed by atoms with Crippen LogP contribution in [0.4, 0.5) is 13.2 Å². The van der Waals surface area contributed by atoms with Crippen molar-refractivity contribution in [3.63, 3.8) is 0 Å². The number of carbonyl (C=O) groups excluding carboxylic acids is 1. The summed E-state index contributed by atoms with van der Waals surface area (Å²) in [5.74, 6) is 0.0732. The van der Waals surface area contributed by atoms with E-state index in [4.69, 9.17) is 4.74 Å². The molecule has 0 aromatic heterocycles. The molecule has 1 aliphatic carbocycles. The molecule has 0 radical (unpaired) electrons. The topological polar surface area (TPSA) is 41.6 Å². The number of benzene rings is 1. The predicted molar refractivity (Wildman–Crippen MR) is 98.7 cm³/mol. The lowest BCUT2D eigenvalue weighted by Crippen LogP contribution is -2.42. The summed E-state index contributed by atoms with van der Waals surface area (Å²) < 4.78 is 45.0. The number of amides is 1. The number of carbonyl (C=O) groups is 1. The zero-order chi connectivity index (χ0) is 19.7. The van der Waals surface area contributed by atoms with Crippen molar-refractivity contribution < 1.29 is 22.7 Å². The van der Waals surface area contributed by atoms with Crippen molar-refractivity contribution in [3.05, 3.63) is 34.9 Å². The summed E-state index contributed by atoms with van der Waals surface area (Å²) in [6, 6.07) is 5.12. The van der Waals surface area contributed by atoms with Gasteiger partial charge in [0.2, 0.25) is 5.91 Å².